The summed E-state index contributed by atoms with van der Waals surface area (Å²) in [6, 6.07) is 6.36. The molecular weight excluding hydrogens is 491 g/mol. The number of para-hydroxylation sites is 1. The van der Waals surface area contributed by atoms with Crippen LogP contribution in [0.1, 0.15) is 19.4 Å². The van der Waals surface area contributed by atoms with Gasteiger partial charge in [0.15, 0.2) is 17.0 Å². The first-order valence-electron chi connectivity index (χ1n) is 11.0. The molecule has 6 N–H and O–H groups in total. The molecule has 3 aromatic rings. The van der Waals surface area contributed by atoms with Gasteiger partial charge in [0.1, 0.15) is 11.8 Å². The number of nitrogens with one attached hydrogen (secondary N) is 2. The number of imidazole rings is 1. The molecule has 6 atom stereocenters. The molecular formula is C22H27N6O7P. The minimum atomic E-state index is -4.28. The highest BCUT2D eigenvalue weighted by molar-refractivity contribution is 7.57. The van der Waals surface area contributed by atoms with Crippen molar-refractivity contribution < 1.29 is 28.8 Å². The fourth-order valence-electron chi connectivity index (χ4n) is 4.36. The van der Waals surface area contributed by atoms with Gasteiger partial charge in [0.25, 0.3) is 5.56 Å². The molecule has 36 heavy (non-hydrogen) atoms. The molecule has 1 aromatic carbocycles. The molecule has 1 aliphatic carbocycles. The number of carbonyl (C=O) groups excluding carboxylic acids is 1. The van der Waals surface area contributed by atoms with Crippen molar-refractivity contribution in [1.29, 1.82) is 0 Å². The molecule has 2 heterocycles. The molecule has 2 aromatic heterocycles. The van der Waals surface area contributed by atoms with E-state index in [4.69, 9.17) is 15.0 Å². The lowest BCUT2D eigenvalue weighted by Crippen LogP contribution is -2.40. The lowest BCUT2D eigenvalue weighted by Gasteiger charge is -2.32. The first-order valence-corrected chi connectivity index (χ1v) is 12.7. The Morgan fingerprint density at radius 3 is 2.75 bits per heavy atom. The number of aliphatic hydroxyl groups is 2. The first kappa shape index (κ1) is 25.6. The summed E-state index contributed by atoms with van der Waals surface area (Å²) in [4.78, 5) is 34.8. The molecule has 0 spiro atoms. The maximum atomic E-state index is 14.0. The Balaban J connectivity index is 1.69. The van der Waals surface area contributed by atoms with Crippen LogP contribution in [0.4, 0.5) is 5.95 Å². The van der Waals surface area contributed by atoms with Gasteiger partial charge in [-0.15, -0.1) is 0 Å². The van der Waals surface area contributed by atoms with E-state index in [0.29, 0.717) is 5.57 Å². The van der Waals surface area contributed by atoms with Crippen LogP contribution in [-0.2, 0) is 14.1 Å². The largest absolute Gasteiger partial charge is 0.468 e. The van der Waals surface area contributed by atoms with Crippen molar-refractivity contribution in [3.8, 4) is 5.75 Å². The fraction of sp³-hybridized carbons (Fsp3) is 0.364. The van der Waals surface area contributed by atoms with Crippen molar-refractivity contribution in [2.75, 3.05) is 12.8 Å². The predicted octanol–water partition coefficient (Wildman–Crippen LogP) is 0.921. The van der Waals surface area contributed by atoms with Crippen molar-refractivity contribution in [2.45, 2.75) is 37.4 Å². The lowest BCUT2D eigenvalue weighted by molar-refractivity contribution is -0.142. The highest BCUT2D eigenvalue weighted by atomic mass is 31.2. The Kier molecular flexibility index (Phi) is 7.01. The molecule has 2 unspecified atom stereocenters. The number of nitrogens with zero attached hydrogens (tertiary/aromatic N) is 3. The zero-order chi connectivity index (χ0) is 26.2. The van der Waals surface area contributed by atoms with E-state index in [1.54, 1.807) is 18.2 Å². The van der Waals surface area contributed by atoms with E-state index >= 15 is 0 Å². The van der Waals surface area contributed by atoms with Crippen LogP contribution in [0.15, 0.2) is 53.6 Å². The van der Waals surface area contributed by atoms with Crippen LogP contribution in [0.25, 0.3) is 11.2 Å². The number of ether oxygens (including phenoxy) is 1. The third kappa shape index (κ3) is 4.65. The number of hydrogen-bond acceptors (Lipinski definition) is 10. The van der Waals surface area contributed by atoms with Crippen LogP contribution >= 0.6 is 7.52 Å². The number of nitrogen functional groups attached to an aromatic ring is 1. The molecule has 1 fully saturated rings. The topological polar surface area (TPSA) is 195 Å². The standard InChI is InChI=1S/C22H27N6O7P/c1-11-14(28-10-24-17-18(28)25-22(23)26-19(17)30)9-15(29)16(11)21(32)36(33,27-12(2)20(31)34-3)35-13-7-5-4-6-8-13/h4-8,10,12,14-16,21,29,32H,1,9H2,2-3H3,(H,27,33)(H3,23,25,26,30)/t12?,14-,15-,16+,21-,36?/m0/s1. The van der Waals surface area contributed by atoms with E-state index in [2.05, 4.69) is 26.6 Å². The number of nitrogens with two attached hydrogens (primary N) is 1. The molecule has 1 saturated carbocycles. The first-order chi connectivity index (χ1) is 17.1. The average molecular weight is 518 g/mol. The van der Waals surface area contributed by atoms with E-state index < -0.39 is 49.0 Å². The van der Waals surface area contributed by atoms with Crippen molar-refractivity contribution >= 4 is 30.6 Å². The van der Waals surface area contributed by atoms with Crippen molar-refractivity contribution in [3.63, 3.8) is 0 Å². The number of methoxy groups -OCH3 is 1. The molecule has 0 radical (unpaired) electrons. The van der Waals surface area contributed by atoms with Crippen LogP contribution in [0.5, 0.6) is 5.75 Å². The zero-order valence-corrected chi connectivity index (χ0v) is 20.5. The second-order valence-corrected chi connectivity index (χ2v) is 10.6. The van der Waals surface area contributed by atoms with Gasteiger partial charge in [-0.2, -0.15) is 4.98 Å². The summed E-state index contributed by atoms with van der Waals surface area (Å²) < 4.78 is 26.0. The van der Waals surface area contributed by atoms with Crippen molar-refractivity contribution in [3.05, 3.63) is 59.2 Å². The summed E-state index contributed by atoms with van der Waals surface area (Å²) in [7, 11) is -3.10. The minimum absolute atomic E-state index is 0.0436. The van der Waals surface area contributed by atoms with E-state index in [1.807, 2.05) is 0 Å². The van der Waals surface area contributed by atoms with E-state index in [9.17, 15) is 24.4 Å². The fourth-order valence-corrected chi connectivity index (χ4v) is 6.56. The number of rotatable bonds is 8. The van der Waals surface area contributed by atoms with E-state index in [1.165, 1.54) is 37.1 Å². The summed E-state index contributed by atoms with van der Waals surface area (Å²) in [5.74, 6) is -3.58. The van der Waals surface area contributed by atoms with Gasteiger partial charge in [0.2, 0.25) is 5.95 Å². The Hall–Kier alpha value is -3.51. The number of aromatic amines is 1. The highest BCUT2D eigenvalue weighted by Gasteiger charge is 2.51. The van der Waals surface area contributed by atoms with Gasteiger partial charge in [-0.25, -0.2) is 10.1 Å². The quantitative estimate of drug-likeness (QED) is 0.162. The van der Waals surface area contributed by atoms with Crippen LogP contribution < -0.4 is 20.9 Å². The second-order valence-electron chi connectivity index (χ2n) is 8.48. The SMILES string of the molecule is C=C1[C@@H]([C@@H](O)P(=O)(NC(C)C(=O)OC)Oc2ccccc2)[C@@H](O)C[C@@H]1n1cnc2c(=O)[nH]c(N)nc21. The Bertz CT molecular complexity index is 1390. The van der Waals surface area contributed by atoms with Gasteiger partial charge >= 0.3 is 13.5 Å². The number of fused-ring (bicyclic) bond motifs is 1. The smallest absolute Gasteiger partial charge is 0.346 e. The Morgan fingerprint density at radius 2 is 2.08 bits per heavy atom. The molecule has 13 nitrogen and oxygen atoms in total. The summed E-state index contributed by atoms with van der Waals surface area (Å²) in [5, 5.41) is 24.9. The summed E-state index contributed by atoms with van der Waals surface area (Å²) >= 11 is 0. The molecule has 14 heteroatoms. The highest BCUT2D eigenvalue weighted by Crippen LogP contribution is 2.55. The van der Waals surface area contributed by atoms with Crippen LogP contribution in [0.2, 0.25) is 0 Å². The number of carbonyl (C=O) groups is 1. The third-order valence-electron chi connectivity index (χ3n) is 6.10. The molecule has 0 aliphatic heterocycles. The summed E-state index contributed by atoms with van der Waals surface area (Å²) in [5.41, 5.74) is 5.67. The third-order valence-corrected chi connectivity index (χ3v) is 8.35. The van der Waals surface area contributed by atoms with Gasteiger partial charge in [-0.3, -0.25) is 19.1 Å². The zero-order valence-electron chi connectivity index (χ0n) is 19.6. The number of aliphatic hydroxyl groups excluding tert-OH is 2. The monoisotopic (exact) mass is 518 g/mol. The number of H-pyrrole nitrogens is 1. The van der Waals surface area contributed by atoms with Crippen molar-refractivity contribution in [2.24, 2.45) is 5.92 Å². The number of aromatic nitrogens is 4. The number of benzene rings is 1. The van der Waals surface area contributed by atoms with Gasteiger partial charge in [0, 0.05) is 5.92 Å². The summed E-state index contributed by atoms with van der Waals surface area (Å²) in [6.07, 6.45) is 0.219. The Morgan fingerprint density at radius 1 is 1.39 bits per heavy atom. The molecule has 1 aliphatic rings. The second kappa shape index (κ2) is 9.86. The molecule has 0 bridgehead atoms. The van der Waals surface area contributed by atoms with Gasteiger partial charge in [-0.1, -0.05) is 24.8 Å². The van der Waals surface area contributed by atoms with Crippen LogP contribution in [-0.4, -0.2) is 60.8 Å². The van der Waals surface area contributed by atoms with E-state index in [0.717, 1.165) is 0 Å². The molecule has 0 saturated heterocycles. The average Bonchev–Trinajstić information content (AvgIpc) is 3.38. The van der Waals surface area contributed by atoms with Crippen LogP contribution in [0.3, 0.4) is 0 Å². The molecule has 4 rings (SSSR count). The predicted molar refractivity (Wildman–Crippen MR) is 130 cm³/mol. The number of esters is 1. The van der Waals surface area contributed by atoms with Gasteiger partial charge in [-0.05, 0) is 31.1 Å². The number of anilines is 1. The Labute approximate surface area is 205 Å². The minimum Gasteiger partial charge on any atom is -0.468 e. The molecule has 192 valence electrons. The van der Waals surface area contributed by atoms with Gasteiger partial charge in [0.05, 0.1) is 25.6 Å². The van der Waals surface area contributed by atoms with Crippen molar-refractivity contribution in [1.82, 2.24) is 24.6 Å². The maximum Gasteiger partial charge on any atom is 0.346 e. The lowest BCUT2D eigenvalue weighted by atomic mass is 10.0. The van der Waals surface area contributed by atoms with Crippen LogP contribution in [0, 0.1) is 5.92 Å². The molecule has 0 amide bonds. The number of hydrogen-bond donors (Lipinski definition) is 5. The summed E-state index contributed by atoms with van der Waals surface area (Å²) in [6.45, 7) is 5.45. The van der Waals surface area contributed by atoms with E-state index in [-0.39, 0.29) is 29.3 Å². The normalized spacial score (nSPS) is 23.2. The maximum absolute atomic E-state index is 14.0. The van der Waals surface area contributed by atoms with Gasteiger partial charge < -0.3 is 29.8 Å².